The molecule has 0 bridgehead atoms. The fourth-order valence-corrected chi connectivity index (χ4v) is 2.00. The molecule has 92 valence electrons. The van der Waals surface area contributed by atoms with E-state index in [-0.39, 0.29) is 12.4 Å². The molecule has 0 aromatic heterocycles. The monoisotopic (exact) mass is 270 g/mol. The number of benzene rings is 2. The Morgan fingerprint density at radius 3 is 2.24 bits per heavy atom. The Kier molecular flexibility index (Phi) is 4.51. The van der Waals surface area contributed by atoms with Gasteiger partial charge in [0.25, 0.3) is 0 Å². The van der Waals surface area contributed by atoms with Crippen molar-refractivity contribution in [2.45, 2.75) is 4.90 Å². The Hall–Kier alpha value is -1.10. The molecule has 17 heavy (non-hydrogen) atoms. The Bertz CT molecular complexity index is 557. The summed E-state index contributed by atoms with van der Waals surface area (Å²) < 4.78 is 21.6. The zero-order valence-electron chi connectivity index (χ0n) is 9.54. The number of halogens is 1. The lowest BCUT2D eigenvalue weighted by atomic mass is 10.1. The van der Waals surface area contributed by atoms with Crippen molar-refractivity contribution in [3.63, 3.8) is 0 Å². The summed E-state index contributed by atoms with van der Waals surface area (Å²) in [6, 6.07) is 11.1. The van der Waals surface area contributed by atoms with E-state index in [0.717, 1.165) is 16.5 Å². The highest BCUT2D eigenvalue weighted by molar-refractivity contribution is 7.79. The van der Waals surface area contributed by atoms with Gasteiger partial charge in [-0.3, -0.25) is 4.21 Å². The minimum absolute atomic E-state index is 0. The van der Waals surface area contributed by atoms with Crippen LogP contribution in [0.1, 0.15) is 0 Å². The summed E-state index contributed by atoms with van der Waals surface area (Å²) in [5.74, 6) is 0. The Morgan fingerprint density at radius 2 is 1.65 bits per heavy atom. The lowest BCUT2D eigenvalue weighted by Gasteiger charge is -2.13. The first-order valence-electron chi connectivity index (χ1n) is 4.88. The van der Waals surface area contributed by atoms with Crippen molar-refractivity contribution >= 4 is 39.9 Å². The average Bonchev–Trinajstić information content (AvgIpc) is 2.27. The SMILES string of the molecule is CN(C)c1ccc2cc(S(=O)[O-])ccc2c1.Cl. The van der Waals surface area contributed by atoms with Crippen molar-refractivity contribution in [3.05, 3.63) is 36.4 Å². The summed E-state index contributed by atoms with van der Waals surface area (Å²) in [6.45, 7) is 0. The molecule has 0 fully saturated rings. The summed E-state index contributed by atoms with van der Waals surface area (Å²) in [7, 11) is 3.95. The van der Waals surface area contributed by atoms with E-state index in [9.17, 15) is 8.76 Å². The molecule has 2 aromatic carbocycles. The van der Waals surface area contributed by atoms with E-state index in [2.05, 4.69) is 0 Å². The predicted octanol–water partition coefficient (Wildman–Crippen LogP) is 2.57. The maximum absolute atomic E-state index is 10.8. The van der Waals surface area contributed by atoms with Crippen molar-refractivity contribution < 1.29 is 8.76 Å². The molecule has 0 heterocycles. The molecule has 0 amide bonds. The van der Waals surface area contributed by atoms with Gasteiger partial charge in [0, 0.05) is 24.7 Å². The highest BCUT2D eigenvalue weighted by atomic mass is 35.5. The lowest BCUT2D eigenvalue weighted by Crippen LogP contribution is -2.08. The average molecular weight is 271 g/mol. The zero-order chi connectivity index (χ0) is 11.7. The van der Waals surface area contributed by atoms with Crippen LogP contribution < -0.4 is 4.90 Å². The van der Waals surface area contributed by atoms with Crippen LogP contribution in [0.2, 0.25) is 0 Å². The predicted molar refractivity (Wildman–Crippen MR) is 72.7 cm³/mol. The van der Waals surface area contributed by atoms with Gasteiger partial charge in [-0.1, -0.05) is 12.1 Å². The molecule has 2 rings (SSSR count). The van der Waals surface area contributed by atoms with Gasteiger partial charge in [-0.15, -0.1) is 12.4 Å². The van der Waals surface area contributed by atoms with Crippen LogP contribution in [0.4, 0.5) is 5.69 Å². The molecule has 5 heteroatoms. The van der Waals surface area contributed by atoms with E-state index < -0.39 is 11.1 Å². The Morgan fingerprint density at radius 1 is 1.06 bits per heavy atom. The summed E-state index contributed by atoms with van der Waals surface area (Å²) >= 11 is -2.16. The third-order valence-corrected chi connectivity index (χ3v) is 3.14. The van der Waals surface area contributed by atoms with E-state index in [0.29, 0.717) is 4.90 Å². The minimum Gasteiger partial charge on any atom is -0.768 e. The molecule has 0 aliphatic heterocycles. The number of nitrogens with zero attached hydrogens (tertiary/aromatic N) is 1. The topological polar surface area (TPSA) is 43.4 Å². The first-order valence-corrected chi connectivity index (χ1v) is 5.96. The molecule has 1 atom stereocenters. The first kappa shape index (κ1) is 14.0. The second-order valence-electron chi connectivity index (χ2n) is 3.82. The summed E-state index contributed by atoms with van der Waals surface area (Å²) in [5, 5.41) is 1.98. The molecule has 0 N–H and O–H groups in total. The van der Waals surface area contributed by atoms with Gasteiger partial charge in [0.15, 0.2) is 0 Å². The lowest BCUT2D eigenvalue weighted by molar-refractivity contribution is 0.537. The molecule has 0 aliphatic carbocycles. The van der Waals surface area contributed by atoms with Crippen LogP contribution in [0.15, 0.2) is 41.3 Å². The number of rotatable bonds is 2. The largest absolute Gasteiger partial charge is 0.768 e. The molecule has 0 saturated carbocycles. The molecular formula is C12H13ClNO2S-. The maximum Gasteiger partial charge on any atom is 0.0367 e. The maximum atomic E-state index is 10.8. The van der Waals surface area contributed by atoms with Crippen molar-refractivity contribution in [2.24, 2.45) is 0 Å². The van der Waals surface area contributed by atoms with E-state index >= 15 is 0 Å². The molecule has 1 unspecified atom stereocenters. The molecule has 0 aliphatic rings. The third-order valence-electron chi connectivity index (χ3n) is 2.50. The molecular weight excluding hydrogens is 258 g/mol. The zero-order valence-corrected chi connectivity index (χ0v) is 11.2. The number of hydrogen-bond acceptors (Lipinski definition) is 3. The van der Waals surface area contributed by atoms with Gasteiger partial charge < -0.3 is 9.45 Å². The molecule has 0 spiro atoms. The second-order valence-corrected chi connectivity index (χ2v) is 4.76. The third kappa shape index (κ3) is 2.97. The first-order chi connectivity index (χ1) is 7.58. The standard InChI is InChI=1S/C12H13NO2S.ClH/c1-13(2)11-5-3-10-8-12(16(14)15)6-4-9(10)7-11;/h3-8H,1-2H3,(H,14,15);1H/p-1. The van der Waals surface area contributed by atoms with Crippen LogP contribution in [0.5, 0.6) is 0 Å². The molecule has 3 nitrogen and oxygen atoms in total. The highest BCUT2D eigenvalue weighted by Gasteiger charge is 2.00. The van der Waals surface area contributed by atoms with Gasteiger partial charge in [-0.05, 0) is 46.1 Å². The normalized spacial score (nSPS) is 11.9. The van der Waals surface area contributed by atoms with Gasteiger partial charge >= 0.3 is 0 Å². The highest BCUT2D eigenvalue weighted by Crippen LogP contribution is 2.22. The number of anilines is 1. The van der Waals surface area contributed by atoms with Crippen LogP contribution in [0.3, 0.4) is 0 Å². The van der Waals surface area contributed by atoms with Crippen LogP contribution in [0, 0.1) is 0 Å². The van der Waals surface area contributed by atoms with E-state index in [1.165, 1.54) is 0 Å². The second kappa shape index (κ2) is 5.49. The fraction of sp³-hybridized carbons (Fsp3) is 0.167. The van der Waals surface area contributed by atoms with Gasteiger partial charge in [0.2, 0.25) is 0 Å². The van der Waals surface area contributed by atoms with Crippen molar-refractivity contribution in [1.82, 2.24) is 0 Å². The van der Waals surface area contributed by atoms with Gasteiger partial charge in [-0.25, -0.2) is 0 Å². The summed E-state index contributed by atoms with van der Waals surface area (Å²) in [6.07, 6.45) is 0. The van der Waals surface area contributed by atoms with Crippen molar-refractivity contribution in [2.75, 3.05) is 19.0 Å². The molecule has 2 aromatic rings. The van der Waals surface area contributed by atoms with Crippen LogP contribution in [-0.2, 0) is 11.1 Å². The Balaban J connectivity index is 0.00000144. The van der Waals surface area contributed by atoms with E-state index in [1.54, 1.807) is 12.1 Å². The quantitative estimate of drug-likeness (QED) is 0.788. The van der Waals surface area contributed by atoms with Crippen LogP contribution in [0.25, 0.3) is 10.8 Å². The fourth-order valence-electron chi connectivity index (χ4n) is 1.59. The van der Waals surface area contributed by atoms with Gasteiger partial charge in [-0.2, -0.15) is 0 Å². The molecule has 0 radical (unpaired) electrons. The van der Waals surface area contributed by atoms with Crippen molar-refractivity contribution in [3.8, 4) is 0 Å². The molecule has 0 saturated heterocycles. The summed E-state index contributed by atoms with van der Waals surface area (Å²) in [5.41, 5.74) is 1.10. The van der Waals surface area contributed by atoms with Crippen LogP contribution >= 0.6 is 12.4 Å². The summed E-state index contributed by atoms with van der Waals surface area (Å²) in [4.78, 5) is 2.34. The minimum atomic E-state index is -2.16. The van der Waals surface area contributed by atoms with Gasteiger partial charge in [0.1, 0.15) is 0 Å². The van der Waals surface area contributed by atoms with Crippen molar-refractivity contribution in [1.29, 1.82) is 0 Å². The smallest absolute Gasteiger partial charge is 0.0367 e. The number of fused-ring (bicyclic) bond motifs is 1. The number of hydrogen-bond donors (Lipinski definition) is 0. The van der Waals surface area contributed by atoms with Gasteiger partial charge in [0.05, 0.1) is 0 Å². The van der Waals surface area contributed by atoms with E-state index in [4.69, 9.17) is 0 Å². The van der Waals surface area contributed by atoms with Crippen LogP contribution in [-0.4, -0.2) is 22.9 Å². The van der Waals surface area contributed by atoms with E-state index in [1.807, 2.05) is 43.3 Å². The Labute approximate surface area is 109 Å².